The summed E-state index contributed by atoms with van der Waals surface area (Å²) in [5.74, 6) is -1.01. The van der Waals surface area contributed by atoms with Crippen LogP contribution in [0.1, 0.15) is 27.3 Å². The van der Waals surface area contributed by atoms with E-state index in [9.17, 15) is 27.9 Å². The summed E-state index contributed by atoms with van der Waals surface area (Å²) >= 11 is 0. The Morgan fingerprint density at radius 2 is 1.69 bits per heavy atom. The Hall–Kier alpha value is -4.20. The first-order valence-corrected chi connectivity index (χ1v) is 9.45. The van der Waals surface area contributed by atoms with Crippen LogP contribution in [0.2, 0.25) is 0 Å². The number of aromatic carboxylic acids is 1. The van der Waals surface area contributed by atoms with Crippen LogP contribution in [0.4, 0.5) is 13.2 Å². The van der Waals surface area contributed by atoms with Gasteiger partial charge < -0.3 is 5.11 Å². The van der Waals surface area contributed by atoms with Gasteiger partial charge in [0, 0.05) is 0 Å². The number of fused-ring (bicyclic) bond motifs is 1. The van der Waals surface area contributed by atoms with Crippen LogP contribution in [-0.4, -0.2) is 20.6 Å². The molecule has 0 aliphatic carbocycles. The summed E-state index contributed by atoms with van der Waals surface area (Å²) < 4.78 is 40.3. The minimum absolute atomic E-state index is 0.0182. The summed E-state index contributed by atoms with van der Waals surface area (Å²) in [6, 6.07) is 17.2. The number of aromatic nitrogens is 2. The van der Waals surface area contributed by atoms with Gasteiger partial charge in [-0.1, -0.05) is 36.4 Å². The molecule has 8 heteroatoms. The van der Waals surface area contributed by atoms with Gasteiger partial charge in [-0.05, 0) is 54.1 Å². The summed E-state index contributed by atoms with van der Waals surface area (Å²) in [5.41, 5.74) is -0.286. The average molecular weight is 436 g/mol. The fourth-order valence-electron chi connectivity index (χ4n) is 3.28. The number of alkyl halides is 3. The summed E-state index contributed by atoms with van der Waals surface area (Å²) in [5, 5.41) is 9.62. The molecule has 3 aromatic carbocycles. The maximum Gasteiger partial charge on any atom is 0.416 e. The highest BCUT2D eigenvalue weighted by atomic mass is 19.4. The number of benzene rings is 3. The van der Waals surface area contributed by atoms with Crippen LogP contribution in [0.3, 0.4) is 0 Å². The van der Waals surface area contributed by atoms with E-state index in [4.69, 9.17) is 0 Å². The number of carboxylic acid groups (broad SMARTS) is 1. The monoisotopic (exact) mass is 436 g/mol. The van der Waals surface area contributed by atoms with Crippen molar-refractivity contribution in [3.05, 3.63) is 106 Å². The molecule has 0 radical (unpaired) electrons. The number of carbonyl (C=O) groups is 1. The summed E-state index contributed by atoms with van der Waals surface area (Å²) in [4.78, 5) is 29.1. The van der Waals surface area contributed by atoms with Crippen LogP contribution < -0.4 is 5.56 Å². The number of para-hydroxylation sites is 1. The lowest BCUT2D eigenvalue weighted by Crippen LogP contribution is -2.22. The van der Waals surface area contributed by atoms with Crippen LogP contribution >= 0.6 is 0 Å². The van der Waals surface area contributed by atoms with E-state index < -0.39 is 23.3 Å². The molecule has 5 nitrogen and oxygen atoms in total. The molecule has 0 aliphatic rings. The zero-order valence-electron chi connectivity index (χ0n) is 16.4. The van der Waals surface area contributed by atoms with Crippen LogP contribution in [0, 0.1) is 0 Å². The highest BCUT2D eigenvalue weighted by Gasteiger charge is 2.30. The van der Waals surface area contributed by atoms with Gasteiger partial charge in [0.25, 0.3) is 5.56 Å². The second kappa shape index (κ2) is 8.14. The van der Waals surface area contributed by atoms with E-state index in [1.807, 2.05) is 0 Å². The first-order valence-electron chi connectivity index (χ1n) is 9.45. The third kappa shape index (κ3) is 4.15. The first kappa shape index (κ1) is 21.0. The van der Waals surface area contributed by atoms with E-state index in [-0.39, 0.29) is 22.6 Å². The standard InChI is InChI=1S/C24H15F3N2O3/c25-24(26,27)17-7-3-5-15(13-17)11-12-21-28-20-10-2-1-9-19(20)22(30)29(21)18-8-4-6-16(14-18)23(31)32/h1-14H,(H,31,32)/b12-11-. The van der Waals surface area contributed by atoms with Crippen molar-refractivity contribution in [3.63, 3.8) is 0 Å². The molecule has 1 aromatic heterocycles. The third-order valence-corrected chi connectivity index (χ3v) is 4.79. The first-order chi connectivity index (χ1) is 15.2. The summed E-state index contributed by atoms with van der Waals surface area (Å²) in [7, 11) is 0. The molecular formula is C24H15F3N2O3. The topological polar surface area (TPSA) is 72.2 Å². The molecule has 0 spiro atoms. The van der Waals surface area contributed by atoms with Gasteiger partial charge in [0.15, 0.2) is 0 Å². The van der Waals surface area contributed by atoms with Gasteiger partial charge in [-0.2, -0.15) is 13.2 Å². The van der Waals surface area contributed by atoms with E-state index in [1.54, 1.807) is 30.3 Å². The smallest absolute Gasteiger partial charge is 0.416 e. The van der Waals surface area contributed by atoms with Gasteiger partial charge in [-0.3, -0.25) is 9.36 Å². The molecule has 0 saturated heterocycles. The fraction of sp³-hybridized carbons (Fsp3) is 0.0417. The summed E-state index contributed by atoms with van der Waals surface area (Å²) in [6.45, 7) is 0. The largest absolute Gasteiger partial charge is 0.478 e. The fourth-order valence-corrected chi connectivity index (χ4v) is 3.28. The lowest BCUT2D eigenvalue weighted by atomic mass is 10.1. The predicted molar refractivity (Wildman–Crippen MR) is 115 cm³/mol. The van der Waals surface area contributed by atoms with Crippen molar-refractivity contribution >= 4 is 29.0 Å². The molecule has 0 atom stereocenters. The summed E-state index contributed by atoms with van der Waals surface area (Å²) in [6.07, 6.45) is -1.63. The van der Waals surface area contributed by atoms with E-state index in [0.29, 0.717) is 10.9 Å². The van der Waals surface area contributed by atoms with Crippen molar-refractivity contribution in [1.29, 1.82) is 0 Å². The van der Waals surface area contributed by atoms with Crippen molar-refractivity contribution < 1.29 is 23.1 Å². The molecule has 0 fully saturated rings. The Balaban J connectivity index is 1.90. The van der Waals surface area contributed by atoms with E-state index in [1.165, 1.54) is 47.1 Å². The number of nitrogens with zero attached hydrogens (tertiary/aromatic N) is 2. The lowest BCUT2D eigenvalue weighted by Gasteiger charge is -2.12. The van der Waals surface area contributed by atoms with Gasteiger partial charge in [0.05, 0.1) is 27.7 Å². The highest BCUT2D eigenvalue weighted by Crippen LogP contribution is 2.30. The Bertz CT molecular complexity index is 1420. The van der Waals surface area contributed by atoms with Gasteiger partial charge in [0.1, 0.15) is 5.82 Å². The predicted octanol–water partition coefficient (Wildman–Crippen LogP) is 5.27. The second-order valence-electron chi connectivity index (χ2n) is 6.94. The van der Waals surface area contributed by atoms with E-state index >= 15 is 0 Å². The minimum atomic E-state index is -4.48. The van der Waals surface area contributed by atoms with Crippen molar-refractivity contribution in [2.45, 2.75) is 6.18 Å². The molecule has 0 aliphatic heterocycles. The van der Waals surface area contributed by atoms with Crippen LogP contribution in [0.15, 0.2) is 77.6 Å². The van der Waals surface area contributed by atoms with Crippen LogP contribution in [0.5, 0.6) is 0 Å². The SMILES string of the molecule is O=C(O)c1cccc(-n2c(/C=C\c3cccc(C(F)(F)F)c3)nc3ccccc3c2=O)c1. The zero-order valence-corrected chi connectivity index (χ0v) is 16.4. The number of rotatable bonds is 4. The quantitative estimate of drug-likeness (QED) is 0.473. The lowest BCUT2D eigenvalue weighted by molar-refractivity contribution is -0.137. The minimum Gasteiger partial charge on any atom is -0.478 e. The van der Waals surface area contributed by atoms with Crippen molar-refractivity contribution in [2.24, 2.45) is 0 Å². The van der Waals surface area contributed by atoms with Gasteiger partial charge in [0.2, 0.25) is 0 Å². The molecule has 4 aromatic rings. The molecule has 1 heterocycles. The Morgan fingerprint density at radius 1 is 0.938 bits per heavy atom. The highest BCUT2D eigenvalue weighted by molar-refractivity contribution is 5.88. The van der Waals surface area contributed by atoms with Crippen molar-refractivity contribution in [3.8, 4) is 5.69 Å². The number of halogens is 3. The number of hydrogen-bond acceptors (Lipinski definition) is 3. The Morgan fingerprint density at radius 3 is 2.44 bits per heavy atom. The average Bonchev–Trinajstić information content (AvgIpc) is 2.77. The molecular weight excluding hydrogens is 421 g/mol. The number of hydrogen-bond donors (Lipinski definition) is 1. The molecule has 0 bridgehead atoms. The van der Waals surface area contributed by atoms with Gasteiger partial charge in [-0.15, -0.1) is 0 Å². The van der Waals surface area contributed by atoms with E-state index in [2.05, 4.69) is 4.98 Å². The molecule has 0 amide bonds. The van der Waals surface area contributed by atoms with Gasteiger partial charge >= 0.3 is 12.1 Å². The molecule has 0 saturated carbocycles. The Labute approximate surface area is 179 Å². The second-order valence-corrected chi connectivity index (χ2v) is 6.94. The Kier molecular flexibility index (Phi) is 5.36. The number of carboxylic acids is 1. The maximum atomic E-state index is 13.2. The molecule has 4 rings (SSSR count). The molecule has 0 unspecified atom stereocenters. The zero-order chi connectivity index (χ0) is 22.9. The van der Waals surface area contributed by atoms with Crippen LogP contribution in [0.25, 0.3) is 28.7 Å². The molecule has 160 valence electrons. The van der Waals surface area contributed by atoms with Crippen LogP contribution in [-0.2, 0) is 6.18 Å². The van der Waals surface area contributed by atoms with Crippen molar-refractivity contribution in [1.82, 2.24) is 9.55 Å². The third-order valence-electron chi connectivity index (χ3n) is 4.79. The van der Waals surface area contributed by atoms with E-state index in [0.717, 1.165) is 12.1 Å². The maximum absolute atomic E-state index is 13.2. The molecule has 1 N–H and O–H groups in total. The molecule has 32 heavy (non-hydrogen) atoms. The van der Waals surface area contributed by atoms with Crippen molar-refractivity contribution in [2.75, 3.05) is 0 Å². The van der Waals surface area contributed by atoms with Gasteiger partial charge in [-0.25, -0.2) is 9.78 Å². The normalized spacial score (nSPS) is 11.8.